The van der Waals surface area contributed by atoms with Crippen molar-refractivity contribution < 1.29 is 0 Å². The monoisotopic (exact) mass is 224 g/mol. The highest BCUT2D eigenvalue weighted by Crippen LogP contribution is 2.34. The van der Waals surface area contributed by atoms with Gasteiger partial charge in [0.05, 0.1) is 5.36 Å². The molecular weight excluding hydrogens is 212 g/mol. The van der Waals surface area contributed by atoms with Gasteiger partial charge in [0.1, 0.15) is 5.82 Å². The van der Waals surface area contributed by atoms with Crippen LogP contribution < -0.4 is 16.8 Å². The first-order valence-electron chi connectivity index (χ1n) is 5.30. The smallest absolute Gasteiger partial charge is 0.109 e. The molecule has 84 valence electrons. The maximum absolute atomic E-state index is 7.79. The molecule has 0 bridgehead atoms. The van der Waals surface area contributed by atoms with Crippen LogP contribution in [0.5, 0.6) is 0 Å². The minimum absolute atomic E-state index is 0.447. The number of nitrogens with two attached hydrogens (primary N) is 2. The second kappa shape index (κ2) is 3.25. The molecule has 0 fully saturated rings. The average Bonchev–Trinajstić information content (AvgIpc) is 2.77. The normalized spacial score (nSPS) is 11.1. The van der Waals surface area contributed by atoms with Crippen molar-refractivity contribution in [3.63, 3.8) is 0 Å². The summed E-state index contributed by atoms with van der Waals surface area (Å²) in [4.78, 5) is 3.00. The van der Waals surface area contributed by atoms with Gasteiger partial charge in [-0.15, -0.1) is 0 Å². The third kappa shape index (κ3) is 1.42. The predicted octanol–water partition coefficient (Wildman–Crippen LogP) is 1.92. The van der Waals surface area contributed by atoms with E-state index in [0.717, 1.165) is 21.9 Å². The van der Waals surface area contributed by atoms with Gasteiger partial charge < -0.3 is 21.9 Å². The van der Waals surface area contributed by atoms with Gasteiger partial charge in [0.15, 0.2) is 0 Å². The maximum Gasteiger partial charge on any atom is 0.109 e. The summed E-state index contributed by atoms with van der Waals surface area (Å²) in [6.07, 6.45) is 1.84. The highest BCUT2D eigenvalue weighted by Gasteiger charge is 2.10. The predicted molar refractivity (Wildman–Crippen MR) is 69.6 cm³/mol. The first kappa shape index (κ1) is 9.72. The van der Waals surface area contributed by atoms with Crippen LogP contribution in [0.4, 0.5) is 11.5 Å². The van der Waals surface area contributed by atoms with E-state index in [2.05, 4.69) is 4.98 Å². The van der Waals surface area contributed by atoms with Crippen molar-refractivity contribution in [3.05, 3.63) is 41.9 Å². The van der Waals surface area contributed by atoms with Crippen LogP contribution in [-0.2, 0) is 0 Å². The fraction of sp³-hybridized carbons (Fsp3) is 0. The number of nitrogen functional groups attached to an aromatic ring is 2. The van der Waals surface area contributed by atoms with Gasteiger partial charge in [-0.1, -0.05) is 6.07 Å². The lowest BCUT2D eigenvalue weighted by molar-refractivity contribution is 1.29. The number of anilines is 2. The van der Waals surface area contributed by atoms with E-state index in [0.29, 0.717) is 16.9 Å². The molecule has 0 atom stereocenters. The van der Waals surface area contributed by atoms with Crippen LogP contribution in [0.25, 0.3) is 21.9 Å². The Kier molecular flexibility index (Phi) is 1.86. The van der Waals surface area contributed by atoms with Crippen LogP contribution >= 0.6 is 0 Å². The highest BCUT2D eigenvalue weighted by molar-refractivity contribution is 6.04. The molecular formula is C13H12N4. The quantitative estimate of drug-likeness (QED) is 0.469. The van der Waals surface area contributed by atoms with Crippen LogP contribution in [0.2, 0.25) is 0 Å². The first-order valence-corrected chi connectivity index (χ1v) is 5.30. The highest BCUT2D eigenvalue weighted by atomic mass is 14.8. The number of rotatable bonds is 0. The largest absolute Gasteiger partial charge is 0.399 e. The van der Waals surface area contributed by atoms with Crippen LogP contribution in [-0.4, -0.2) is 4.98 Å². The van der Waals surface area contributed by atoms with Crippen molar-refractivity contribution in [1.82, 2.24) is 4.98 Å². The Hall–Kier alpha value is -2.49. The summed E-state index contributed by atoms with van der Waals surface area (Å²) < 4.78 is 0. The maximum atomic E-state index is 7.79. The Morgan fingerprint density at radius 3 is 2.71 bits per heavy atom. The third-order valence-corrected chi connectivity index (χ3v) is 2.91. The van der Waals surface area contributed by atoms with Gasteiger partial charge in [0.2, 0.25) is 0 Å². The van der Waals surface area contributed by atoms with Crippen molar-refractivity contribution >= 4 is 22.3 Å². The molecule has 0 amide bonds. The van der Waals surface area contributed by atoms with Gasteiger partial charge in [0.25, 0.3) is 0 Å². The Balaban J connectivity index is 2.61. The summed E-state index contributed by atoms with van der Waals surface area (Å²) in [5, 5.41) is 10.2. The third-order valence-electron chi connectivity index (χ3n) is 2.91. The Bertz CT molecular complexity index is 742. The molecule has 17 heavy (non-hydrogen) atoms. The summed E-state index contributed by atoms with van der Waals surface area (Å²) >= 11 is 0. The molecule has 0 spiro atoms. The van der Waals surface area contributed by atoms with Gasteiger partial charge >= 0.3 is 0 Å². The Morgan fingerprint density at radius 1 is 1.06 bits per heavy atom. The van der Waals surface area contributed by atoms with Crippen molar-refractivity contribution in [3.8, 4) is 11.1 Å². The topological polar surface area (TPSA) is 91.7 Å². The first-order chi connectivity index (χ1) is 8.15. The van der Waals surface area contributed by atoms with Crippen molar-refractivity contribution in [2.75, 3.05) is 11.5 Å². The molecule has 0 saturated heterocycles. The van der Waals surface area contributed by atoms with Crippen molar-refractivity contribution in [1.29, 1.82) is 5.41 Å². The van der Waals surface area contributed by atoms with Gasteiger partial charge in [-0.3, -0.25) is 0 Å². The second-order valence-electron chi connectivity index (χ2n) is 4.12. The van der Waals surface area contributed by atoms with Crippen LogP contribution in [0.3, 0.4) is 0 Å². The van der Waals surface area contributed by atoms with Gasteiger partial charge in [-0.05, 0) is 35.4 Å². The minimum atomic E-state index is 0.447. The Morgan fingerprint density at radius 2 is 1.88 bits per heavy atom. The van der Waals surface area contributed by atoms with E-state index in [4.69, 9.17) is 16.9 Å². The number of H-pyrrole nitrogens is 1. The molecule has 4 heteroatoms. The van der Waals surface area contributed by atoms with E-state index in [1.165, 1.54) is 0 Å². The lowest BCUT2D eigenvalue weighted by Gasteiger charge is -1.98. The molecule has 1 aromatic heterocycles. The fourth-order valence-corrected chi connectivity index (χ4v) is 2.17. The minimum Gasteiger partial charge on any atom is -0.399 e. The fourth-order valence-electron chi connectivity index (χ4n) is 2.17. The molecule has 2 aliphatic carbocycles. The van der Waals surface area contributed by atoms with E-state index >= 15 is 0 Å². The van der Waals surface area contributed by atoms with Crippen LogP contribution in [0, 0.1) is 5.41 Å². The Labute approximate surface area is 97.7 Å². The SMILES string of the molecule is N=c1ccc2c[nH]c(N)c2c2cc(N)cc-2c1. The van der Waals surface area contributed by atoms with Crippen molar-refractivity contribution in [2.45, 2.75) is 0 Å². The van der Waals surface area contributed by atoms with Gasteiger partial charge in [-0.25, -0.2) is 0 Å². The second-order valence-corrected chi connectivity index (χ2v) is 4.12. The number of nitrogens with one attached hydrogen (secondary N) is 2. The van der Waals surface area contributed by atoms with E-state index in [1.54, 1.807) is 12.1 Å². The lowest BCUT2D eigenvalue weighted by atomic mass is 10.1. The number of hydrogen-bond donors (Lipinski definition) is 4. The number of aromatic nitrogens is 1. The molecule has 0 radical (unpaired) electrons. The summed E-state index contributed by atoms with van der Waals surface area (Å²) in [7, 11) is 0. The molecule has 2 aliphatic rings. The molecule has 0 unspecified atom stereocenters. The van der Waals surface area contributed by atoms with Crippen LogP contribution in [0.1, 0.15) is 0 Å². The summed E-state index contributed by atoms with van der Waals surface area (Å²) in [5.41, 5.74) is 14.4. The van der Waals surface area contributed by atoms with E-state index in [-0.39, 0.29) is 0 Å². The zero-order chi connectivity index (χ0) is 12.0. The molecule has 0 aromatic carbocycles. The molecule has 6 N–H and O–H groups in total. The molecule has 0 saturated carbocycles. The van der Waals surface area contributed by atoms with Crippen LogP contribution in [0.15, 0.2) is 36.5 Å². The molecule has 4 nitrogen and oxygen atoms in total. The molecule has 1 aromatic rings. The van der Waals surface area contributed by atoms with E-state index in [9.17, 15) is 0 Å². The molecule has 1 heterocycles. The summed E-state index contributed by atoms with van der Waals surface area (Å²) in [5.74, 6) is 0.623. The summed E-state index contributed by atoms with van der Waals surface area (Å²) in [6.45, 7) is 0. The molecule has 0 aliphatic heterocycles. The standard InChI is InChI=1S/C13H12N4/c14-9-2-1-7-6-17-13(16)12(7)11-5-10(15)4-8(11)3-9/h1-6,14,17H,15-16H2. The van der Waals surface area contributed by atoms with E-state index in [1.807, 2.05) is 24.4 Å². The van der Waals surface area contributed by atoms with Crippen molar-refractivity contribution in [2.24, 2.45) is 0 Å². The number of fused-ring (bicyclic) bond motifs is 3. The van der Waals surface area contributed by atoms with Gasteiger partial charge in [0, 0.05) is 22.7 Å². The number of aromatic amines is 1. The van der Waals surface area contributed by atoms with Gasteiger partial charge in [-0.2, -0.15) is 0 Å². The summed E-state index contributed by atoms with van der Waals surface area (Å²) in [6, 6.07) is 9.17. The average molecular weight is 224 g/mol. The zero-order valence-electron chi connectivity index (χ0n) is 9.12. The molecule has 3 rings (SSSR count). The number of hydrogen-bond acceptors (Lipinski definition) is 3. The zero-order valence-corrected chi connectivity index (χ0v) is 9.12. The van der Waals surface area contributed by atoms with E-state index < -0.39 is 0 Å². The lowest BCUT2D eigenvalue weighted by Crippen LogP contribution is -1.94.